The van der Waals surface area contributed by atoms with Crippen molar-refractivity contribution in [1.29, 1.82) is 0 Å². The van der Waals surface area contributed by atoms with E-state index < -0.39 is 31.0 Å². The number of rotatable bonds is 10. The molecule has 0 N–H and O–H groups in total. The molecule has 0 amide bonds. The summed E-state index contributed by atoms with van der Waals surface area (Å²) in [5.74, 6) is 0.889. The van der Waals surface area contributed by atoms with Gasteiger partial charge in [0.1, 0.15) is 17.2 Å². The zero-order valence-electron chi connectivity index (χ0n) is 16.6. The maximum Gasteiger partial charge on any atom is 0.416 e. The number of alkyl halides is 3. The van der Waals surface area contributed by atoms with Gasteiger partial charge in [-0.05, 0) is 69.3 Å². The van der Waals surface area contributed by atoms with E-state index in [-0.39, 0.29) is 19.0 Å². The van der Waals surface area contributed by atoms with Crippen molar-refractivity contribution in [3.05, 3.63) is 54.1 Å². The molecule has 6 nitrogen and oxygen atoms in total. The van der Waals surface area contributed by atoms with Gasteiger partial charge < -0.3 is 18.5 Å². The number of carbonyl (C=O) groups excluding carboxylic acids is 1. The Labute approximate surface area is 172 Å². The fourth-order valence-electron chi connectivity index (χ4n) is 2.42. The summed E-state index contributed by atoms with van der Waals surface area (Å²) >= 11 is 0. The van der Waals surface area contributed by atoms with Crippen molar-refractivity contribution >= 4 is 13.1 Å². The number of hydrogen-bond donors (Lipinski definition) is 0. The normalized spacial score (nSPS) is 13.0. The van der Waals surface area contributed by atoms with Crippen LogP contribution in [-0.2, 0) is 24.6 Å². The predicted octanol–water partition coefficient (Wildman–Crippen LogP) is 6.06. The van der Waals surface area contributed by atoms with Crippen molar-refractivity contribution in [1.82, 2.24) is 0 Å². The molecule has 0 spiro atoms. The van der Waals surface area contributed by atoms with Crippen LogP contribution in [0.2, 0.25) is 0 Å². The first kappa shape index (κ1) is 23.9. The lowest BCUT2D eigenvalue weighted by Gasteiger charge is -2.20. The van der Waals surface area contributed by atoms with Gasteiger partial charge in [-0.2, -0.15) is 13.2 Å². The van der Waals surface area contributed by atoms with Gasteiger partial charge >= 0.3 is 13.8 Å². The molecule has 2 aromatic carbocycles. The highest BCUT2D eigenvalue weighted by molar-refractivity contribution is 7.72. The summed E-state index contributed by atoms with van der Waals surface area (Å²) in [6, 6.07) is 10.3. The summed E-state index contributed by atoms with van der Waals surface area (Å²) in [5.41, 5.74) is -1.56. The molecule has 0 fully saturated rings. The van der Waals surface area contributed by atoms with Gasteiger partial charge in [0.15, 0.2) is 6.10 Å². The Morgan fingerprint density at radius 3 is 1.77 bits per heavy atom. The van der Waals surface area contributed by atoms with Gasteiger partial charge in [0.2, 0.25) is 0 Å². The van der Waals surface area contributed by atoms with Gasteiger partial charge in [0.05, 0.1) is 18.8 Å². The molecule has 1 atom stereocenters. The molecule has 0 radical (unpaired) electrons. The first-order valence-electron chi connectivity index (χ1n) is 9.14. The van der Waals surface area contributed by atoms with Crippen molar-refractivity contribution in [3.8, 4) is 17.2 Å². The van der Waals surface area contributed by atoms with Gasteiger partial charge in [-0.1, -0.05) is 0 Å². The molecule has 2 rings (SSSR count). The molecule has 30 heavy (non-hydrogen) atoms. The second-order valence-electron chi connectivity index (χ2n) is 6.03. The largest absolute Gasteiger partial charge is 0.482 e. The molecule has 1 unspecified atom stereocenters. The summed E-state index contributed by atoms with van der Waals surface area (Å²) < 4.78 is 71.4. The van der Waals surface area contributed by atoms with Gasteiger partial charge in [0, 0.05) is 0 Å². The molecule has 2 aromatic rings. The Morgan fingerprint density at radius 1 is 0.900 bits per heavy atom. The summed E-state index contributed by atoms with van der Waals surface area (Å²) in [4.78, 5) is 12.4. The average Bonchev–Trinajstić information content (AvgIpc) is 2.69. The van der Waals surface area contributed by atoms with E-state index in [4.69, 9.17) is 18.5 Å². The zero-order chi connectivity index (χ0) is 22.4. The van der Waals surface area contributed by atoms with Crippen LogP contribution in [0.25, 0.3) is 0 Å². The molecule has 10 heteroatoms. The molecular weight excluding hydrogens is 424 g/mol. The van der Waals surface area contributed by atoms with Gasteiger partial charge in [-0.15, -0.1) is 0 Å². The fraction of sp³-hybridized carbons (Fsp3) is 0.350. The van der Waals surface area contributed by atoms with Crippen molar-refractivity contribution in [2.45, 2.75) is 33.1 Å². The molecule has 0 aromatic heterocycles. The van der Waals surface area contributed by atoms with Crippen molar-refractivity contribution in [2.75, 3.05) is 13.2 Å². The molecule has 0 saturated carbocycles. The van der Waals surface area contributed by atoms with E-state index >= 15 is 0 Å². The van der Waals surface area contributed by atoms with Crippen LogP contribution < -0.4 is 9.47 Å². The van der Waals surface area contributed by atoms with Crippen LogP contribution in [0.5, 0.6) is 17.2 Å². The summed E-state index contributed by atoms with van der Waals surface area (Å²) in [5, 5.41) is 0. The minimum atomic E-state index is -4.42. The molecule has 164 valence electrons. The average molecular weight is 446 g/mol. The summed E-state index contributed by atoms with van der Waals surface area (Å²) in [6.07, 6.45) is -5.50. The summed E-state index contributed by atoms with van der Waals surface area (Å²) in [7, 11) is -3.94. The Hall–Kier alpha value is -2.35. The van der Waals surface area contributed by atoms with E-state index in [2.05, 4.69) is 0 Å². The Bertz CT molecular complexity index is 871. The number of benzene rings is 2. The monoisotopic (exact) mass is 446 g/mol. The number of halogens is 3. The lowest BCUT2D eigenvalue weighted by atomic mass is 10.2. The highest BCUT2D eigenvalue weighted by Gasteiger charge is 2.39. The molecule has 0 heterocycles. The molecule has 0 aliphatic rings. The van der Waals surface area contributed by atoms with E-state index in [0.29, 0.717) is 11.5 Å². The number of carbonyl (C=O) groups is 1. The zero-order valence-corrected chi connectivity index (χ0v) is 17.5. The van der Waals surface area contributed by atoms with E-state index in [1.165, 1.54) is 43.3 Å². The van der Waals surface area contributed by atoms with Crippen LogP contribution >= 0.6 is 7.60 Å². The van der Waals surface area contributed by atoms with E-state index in [9.17, 15) is 22.5 Å². The number of ether oxygens (including phenoxy) is 2. The Kier molecular flexibility index (Phi) is 8.06. The van der Waals surface area contributed by atoms with Gasteiger partial charge in [-0.3, -0.25) is 9.36 Å². The lowest BCUT2D eigenvalue weighted by molar-refractivity contribution is -0.137. The van der Waals surface area contributed by atoms with Gasteiger partial charge in [0.25, 0.3) is 5.52 Å². The molecule has 0 aliphatic heterocycles. The first-order valence-corrected chi connectivity index (χ1v) is 10.7. The van der Waals surface area contributed by atoms with Crippen molar-refractivity contribution in [2.24, 2.45) is 0 Å². The lowest BCUT2D eigenvalue weighted by Crippen LogP contribution is -2.25. The van der Waals surface area contributed by atoms with Crippen molar-refractivity contribution in [3.63, 3.8) is 0 Å². The minimum absolute atomic E-state index is 0.0473. The topological polar surface area (TPSA) is 71.1 Å². The van der Waals surface area contributed by atoms with Crippen LogP contribution in [0.15, 0.2) is 48.5 Å². The first-order chi connectivity index (χ1) is 14.1. The Morgan fingerprint density at radius 2 is 1.33 bits per heavy atom. The number of hydrogen-bond acceptors (Lipinski definition) is 6. The second-order valence-corrected chi connectivity index (χ2v) is 7.98. The van der Waals surface area contributed by atoms with E-state index in [0.717, 1.165) is 12.1 Å². The maximum atomic E-state index is 12.6. The van der Waals surface area contributed by atoms with Crippen LogP contribution in [0.3, 0.4) is 0 Å². The third kappa shape index (κ3) is 6.32. The van der Waals surface area contributed by atoms with Crippen LogP contribution in [0, 0.1) is 0 Å². The fourth-order valence-corrected chi connectivity index (χ4v) is 3.92. The third-order valence-corrected chi connectivity index (χ3v) is 5.87. The highest BCUT2D eigenvalue weighted by atomic mass is 31.2. The smallest absolute Gasteiger partial charge is 0.416 e. The second kappa shape index (κ2) is 10.1. The molecule has 0 bridgehead atoms. The quantitative estimate of drug-likeness (QED) is 0.414. The van der Waals surface area contributed by atoms with E-state index in [1.807, 2.05) is 0 Å². The maximum absolute atomic E-state index is 12.6. The van der Waals surface area contributed by atoms with Crippen LogP contribution in [-0.4, -0.2) is 24.8 Å². The standard InChI is InChI=1S/C20H22F3O6P/c1-4-26-30(25,27-5-2)19(24)14(3)28-16-10-12-18(13-11-16)29-17-8-6-15(7-9-17)20(21,22)23/h6-14H,4-5H2,1-3H3. The van der Waals surface area contributed by atoms with Crippen LogP contribution in [0.4, 0.5) is 13.2 Å². The molecule has 0 aliphatic carbocycles. The Balaban J connectivity index is 2.01. The summed E-state index contributed by atoms with van der Waals surface area (Å²) in [6.45, 7) is 4.72. The highest BCUT2D eigenvalue weighted by Crippen LogP contribution is 2.50. The molecule has 0 saturated heterocycles. The predicted molar refractivity (Wildman–Crippen MR) is 104 cm³/mol. The minimum Gasteiger partial charge on any atom is -0.482 e. The van der Waals surface area contributed by atoms with Gasteiger partial charge in [-0.25, -0.2) is 0 Å². The van der Waals surface area contributed by atoms with E-state index in [1.54, 1.807) is 13.8 Å². The molecular formula is C20H22F3O6P. The third-order valence-electron chi connectivity index (χ3n) is 3.77. The van der Waals surface area contributed by atoms with Crippen LogP contribution in [0.1, 0.15) is 26.3 Å². The SMILES string of the molecule is CCOP(=O)(OCC)C(=O)C(C)Oc1ccc(Oc2ccc(C(F)(F)F)cc2)cc1. The van der Waals surface area contributed by atoms with Crippen molar-refractivity contribution < 1.29 is 41.1 Å².